The largest absolute Gasteiger partial charge is 0.324 e. The first-order valence-corrected chi connectivity index (χ1v) is 7.72. The summed E-state index contributed by atoms with van der Waals surface area (Å²) in [6, 6.07) is 6.99. The van der Waals surface area contributed by atoms with Crippen LogP contribution in [-0.4, -0.2) is 0 Å². The van der Waals surface area contributed by atoms with Gasteiger partial charge in [0, 0.05) is 11.6 Å². The van der Waals surface area contributed by atoms with Crippen LogP contribution in [0.3, 0.4) is 0 Å². The minimum absolute atomic E-state index is 0.101. The molecule has 0 radical (unpaired) electrons. The van der Waals surface area contributed by atoms with E-state index in [9.17, 15) is 4.39 Å². The Morgan fingerprint density at radius 1 is 0.947 bits per heavy atom. The van der Waals surface area contributed by atoms with Crippen LogP contribution in [0.1, 0.15) is 43.7 Å². The van der Waals surface area contributed by atoms with E-state index < -0.39 is 0 Å². The van der Waals surface area contributed by atoms with Crippen molar-refractivity contribution in [1.29, 1.82) is 0 Å². The van der Waals surface area contributed by atoms with Gasteiger partial charge in [-0.2, -0.15) is 0 Å². The fourth-order valence-electron chi connectivity index (χ4n) is 5.51. The summed E-state index contributed by atoms with van der Waals surface area (Å²) in [5.41, 5.74) is 7.22. The van der Waals surface area contributed by atoms with Crippen molar-refractivity contribution < 1.29 is 4.39 Å². The number of rotatable bonds is 2. The third kappa shape index (κ3) is 1.84. The minimum atomic E-state index is -0.121. The van der Waals surface area contributed by atoms with Crippen LogP contribution >= 0.6 is 0 Å². The van der Waals surface area contributed by atoms with E-state index in [1.807, 2.05) is 12.1 Å². The zero-order chi connectivity index (χ0) is 13.0. The predicted octanol–water partition coefficient (Wildman–Crippen LogP) is 3.90. The summed E-state index contributed by atoms with van der Waals surface area (Å²) in [5, 5.41) is 0. The van der Waals surface area contributed by atoms with Crippen molar-refractivity contribution in [1.82, 2.24) is 0 Å². The van der Waals surface area contributed by atoms with Crippen molar-refractivity contribution in [3.8, 4) is 0 Å². The van der Waals surface area contributed by atoms with Gasteiger partial charge in [0.05, 0.1) is 0 Å². The van der Waals surface area contributed by atoms with Crippen LogP contribution in [0.4, 0.5) is 4.39 Å². The average molecular weight is 259 g/mol. The second kappa shape index (κ2) is 4.31. The summed E-state index contributed by atoms with van der Waals surface area (Å²) < 4.78 is 14.0. The highest BCUT2D eigenvalue weighted by atomic mass is 19.1. The molecule has 5 rings (SSSR count). The first-order valence-electron chi connectivity index (χ1n) is 7.72. The second-order valence-corrected chi connectivity index (χ2v) is 7.06. The van der Waals surface area contributed by atoms with Crippen molar-refractivity contribution in [2.24, 2.45) is 35.3 Å². The number of nitrogens with two attached hydrogens (primary N) is 1. The van der Waals surface area contributed by atoms with Crippen LogP contribution in [0.2, 0.25) is 0 Å². The molecule has 2 heteroatoms. The molecule has 0 amide bonds. The summed E-state index contributed by atoms with van der Waals surface area (Å²) in [6.07, 6.45) is 6.84. The summed E-state index contributed by atoms with van der Waals surface area (Å²) in [6.45, 7) is 0. The monoisotopic (exact) mass is 259 g/mol. The lowest BCUT2D eigenvalue weighted by Crippen LogP contribution is -2.48. The van der Waals surface area contributed by atoms with E-state index in [2.05, 4.69) is 0 Å². The summed E-state index contributed by atoms with van der Waals surface area (Å²) >= 11 is 0. The molecule has 1 atom stereocenters. The van der Waals surface area contributed by atoms with Gasteiger partial charge in [-0.25, -0.2) is 4.39 Å². The summed E-state index contributed by atoms with van der Waals surface area (Å²) in [5.74, 6) is 3.81. The molecular formula is C17H22FN. The maximum atomic E-state index is 14.0. The molecule has 0 heterocycles. The van der Waals surface area contributed by atoms with Gasteiger partial charge in [0.2, 0.25) is 0 Å². The van der Waals surface area contributed by atoms with Crippen molar-refractivity contribution in [2.75, 3.05) is 0 Å². The number of hydrogen-bond donors (Lipinski definition) is 1. The van der Waals surface area contributed by atoms with E-state index in [1.54, 1.807) is 12.1 Å². The predicted molar refractivity (Wildman–Crippen MR) is 73.9 cm³/mol. The molecule has 2 N–H and O–H groups in total. The van der Waals surface area contributed by atoms with E-state index in [0.29, 0.717) is 5.92 Å². The highest BCUT2D eigenvalue weighted by molar-refractivity contribution is 5.23. The molecule has 0 saturated heterocycles. The molecular weight excluding hydrogens is 237 g/mol. The van der Waals surface area contributed by atoms with Crippen LogP contribution < -0.4 is 5.73 Å². The molecule has 4 saturated carbocycles. The van der Waals surface area contributed by atoms with E-state index in [4.69, 9.17) is 5.73 Å². The lowest BCUT2D eigenvalue weighted by Gasteiger charge is -2.56. The third-order valence-electron chi connectivity index (χ3n) is 5.98. The highest BCUT2D eigenvalue weighted by Crippen LogP contribution is 2.59. The SMILES string of the molecule is NC(c1ccccc1F)C1C2CC3CC(C2)CC1C3. The van der Waals surface area contributed by atoms with Gasteiger partial charge in [0.25, 0.3) is 0 Å². The van der Waals surface area contributed by atoms with Crippen LogP contribution in [-0.2, 0) is 0 Å². The molecule has 0 aromatic heterocycles. The van der Waals surface area contributed by atoms with Gasteiger partial charge in [0.15, 0.2) is 0 Å². The van der Waals surface area contributed by atoms with Gasteiger partial charge in [0.1, 0.15) is 5.82 Å². The maximum absolute atomic E-state index is 14.0. The topological polar surface area (TPSA) is 26.0 Å². The van der Waals surface area contributed by atoms with Crippen molar-refractivity contribution in [2.45, 2.75) is 38.1 Å². The quantitative estimate of drug-likeness (QED) is 0.856. The van der Waals surface area contributed by atoms with Crippen LogP contribution in [0.15, 0.2) is 24.3 Å². The Morgan fingerprint density at radius 3 is 2.11 bits per heavy atom. The Balaban J connectivity index is 1.64. The lowest BCUT2D eigenvalue weighted by molar-refractivity contribution is -0.0475. The molecule has 19 heavy (non-hydrogen) atoms. The van der Waals surface area contributed by atoms with Crippen molar-refractivity contribution >= 4 is 0 Å². The number of hydrogen-bond acceptors (Lipinski definition) is 1. The van der Waals surface area contributed by atoms with E-state index in [-0.39, 0.29) is 11.9 Å². The molecule has 4 aliphatic carbocycles. The molecule has 1 unspecified atom stereocenters. The second-order valence-electron chi connectivity index (χ2n) is 7.06. The fourth-order valence-corrected chi connectivity index (χ4v) is 5.51. The van der Waals surface area contributed by atoms with Gasteiger partial charge in [-0.05, 0) is 67.8 Å². The number of halogens is 1. The van der Waals surface area contributed by atoms with Crippen LogP contribution in [0.5, 0.6) is 0 Å². The molecule has 1 aromatic carbocycles. The van der Waals surface area contributed by atoms with E-state index in [1.165, 1.54) is 32.1 Å². The zero-order valence-electron chi connectivity index (χ0n) is 11.3. The van der Waals surface area contributed by atoms with Gasteiger partial charge >= 0.3 is 0 Å². The first kappa shape index (κ1) is 11.9. The van der Waals surface area contributed by atoms with Gasteiger partial charge < -0.3 is 5.73 Å². The van der Waals surface area contributed by atoms with E-state index >= 15 is 0 Å². The smallest absolute Gasteiger partial charge is 0.127 e. The highest BCUT2D eigenvalue weighted by Gasteiger charge is 2.50. The standard InChI is InChI=1S/C17H22FN/c18-15-4-2-1-3-14(15)17(19)16-12-6-10-5-11(8-12)9-13(16)7-10/h1-4,10-13,16-17H,5-9,19H2. The zero-order valence-corrected chi connectivity index (χ0v) is 11.3. The Kier molecular flexibility index (Phi) is 2.70. The maximum Gasteiger partial charge on any atom is 0.127 e. The Bertz CT molecular complexity index is 456. The lowest BCUT2D eigenvalue weighted by atomic mass is 9.50. The average Bonchev–Trinajstić information content (AvgIpc) is 2.37. The number of benzene rings is 1. The Hall–Kier alpha value is -0.890. The van der Waals surface area contributed by atoms with Crippen LogP contribution in [0, 0.1) is 35.4 Å². The Morgan fingerprint density at radius 2 is 1.53 bits per heavy atom. The first-order chi connectivity index (χ1) is 9.22. The fraction of sp³-hybridized carbons (Fsp3) is 0.647. The van der Waals surface area contributed by atoms with Gasteiger partial charge in [-0.1, -0.05) is 18.2 Å². The summed E-state index contributed by atoms with van der Waals surface area (Å²) in [4.78, 5) is 0. The molecule has 4 fully saturated rings. The third-order valence-corrected chi connectivity index (χ3v) is 5.98. The molecule has 102 valence electrons. The normalized spacial score (nSPS) is 41.5. The molecule has 0 aliphatic heterocycles. The Labute approximate surface area is 114 Å². The van der Waals surface area contributed by atoms with Crippen molar-refractivity contribution in [3.63, 3.8) is 0 Å². The van der Waals surface area contributed by atoms with Crippen molar-refractivity contribution in [3.05, 3.63) is 35.6 Å². The molecule has 0 spiro atoms. The molecule has 4 bridgehead atoms. The van der Waals surface area contributed by atoms with Crippen LogP contribution in [0.25, 0.3) is 0 Å². The van der Waals surface area contributed by atoms with E-state index in [0.717, 1.165) is 29.2 Å². The summed E-state index contributed by atoms with van der Waals surface area (Å²) in [7, 11) is 0. The molecule has 4 aliphatic rings. The molecule has 1 nitrogen and oxygen atoms in total. The minimum Gasteiger partial charge on any atom is -0.324 e. The van der Waals surface area contributed by atoms with Gasteiger partial charge in [-0.15, -0.1) is 0 Å². The molecule has 1 aromatic rings. The van der Waals surface area contributed by atoms with Gasteiger partial charge in [-0.3, -0.25) is 0 Å².